The van der Waals surface area contributed by atoms with Gasteiger partial charge in [-0.3, -0.25) is 4.79 Å². The van der Waals surface area contributed by atoms with Gasteiger partial charge in [-0.15, -0.1) is 11.3 Å². The molecule has 2 aromatic carbocycles. The smallest absolute Gasteiger partial charge is 0.196 e. The summed E-state index contributed by atoms with van der Waals surface area (Å²) in [5.74, 6) is 0.810. The summed E-state index contributed by atoms with van der Waals surface area (Å²) in [5.41, 5.74) is 1.22. The van der Waals surface area contributed by atoms with Gasteiger partial charge in [-0.2, -0.15) is 0 Å². The zero-order chi connectivity index (χ0) is 15.1. The SMILES string of the molecule is CCc1cc2sc3ccccc3c(=O)c2cc1OCC1CO1. The molecule has 0 saturated carbocycles. The molecule has 112 valence electrons. The number of hydrogen-bond acceptors (Lipinski definition) is 4. The van der Waals surface area contributed by atoms with Crippen LogP contribution in [-0.4, -0.2) is 19.3 Å². The highest BCUT2D eigenvalue weighted by Gasteiger charge is 2.23. The van der Waals surface area contributed by atoms with Crippen LogP contribution in [0.4, 0.5) is 0 Å². The predicted octanol–water partition coefficient (Wildman–Crippen LogP) is 3.75. The van der Waals surface area contributed by atoms with E-state index >= 15 is 0 Å². The zero-order valence-electron chi connectivity index (χ0n) is 12.3. The number of hydrogen-bond donors (Lipinski definition) is 0. The molecule has 1 aliphatic heterocycles. The summed E-state index contributed by atoms with van der Waals surface area (Å²) in [7, 11) is 0. The summed E-state index contributed by atoms with van der Waals surface area (Å²) in [6.07, 6.45) is 1.09. The van der Waals surface area contributed by atoms with E-state index in [-0.39, 0.29) is 11.5 Å². The van der Waals surface area contributed by atoms with Crippen molar-refractivity contribution >= 4 is 31.5 Å². The third-order valence-electron chi connectivity index (χ3n) is 3.97. The maximum Gasteiger partial charge on any atom is 0.196 e. The van der Waals surface area contributed by atoms with Gasteiger partial charge in [-0.05, 0) is 36.2 Å². The molecule has 0 amide bonds. The van der Waals surface area contributed by atoms with Crippen LogP contribution in [0.5, 0.6) is 5.75 Å². The van der Waals surface area contributed by atoms with E-state index in [1.54, 1.807) is 11.3 Å². The first-order valence-corrected chi connectivity index (χ1v) is 8.31. The summed E-state index contributed by atoms with van der Waals surface area (Å²) in [6, 6.07) is 11.8. The van der Waals surface area contributed by atoms with Gasteiger partial charge in [-0.25, -0.2) is 0 Å². The highest BCUT2D eigenvalue weighted by atomic mass is 32.1. The van der Waals surface area contributed by atoms with Crippen molar-refractivity contribution in [1.82, 2.24) is 0 Å². The van der Waals surface area contributed by atoms with Crippen LogP contribution in [0.15, 0.2) is 41.2 Å². The molecule has 1 aliphatic rings. The Morgan fingerprint density at radius 2 is 2.05 bits per heavy atom. The van der Waals surface area contributed by atoms with Gasteiger partial charge in [0, 0.05) is 20.2 Å². The van der Waals surface area contributed by atoms with Gasteiger partial charge in [0.05, 0.1) is 6.61 Å². The highest BCUT2D eigenvalue weighted by Crippen LogP contribution is 2.31. The van der Waals surface area contributed by atoms with Crippen molar-refractivity contribution in [2.75, 3.05) is 13.2 Å². The van der Waals surface area contributed by atoms with Crippen molar-refractivity contribution < 1.29 is 9.47 Å². The Morgan fingerprint density at radius 3 is 2.82 bits per heavy atom. The standard InChI is InChI=1S/C18H16O3S/c1-2-11-7-17-14(8-15(11)21-10-12-9-20-12)18(19)13-5-3-4-6-16(13)22-17/h3-8,12H,2,9-10H2,1H3. The normalized spacial score (nSPS) is 17.0. The maximum atomic E-state index is 12.7. The highest BCUT2D eigenvalue weighted by molar-refractivity contribution is 7.24. The van der Waals surface area contributed by atoms with Crippen molar-refractivity contribution in [1.29, 1.82) is 0 Å². The Balaban J connectivity index is 1.91. The molecule has 1 atom stereocenters. The molecule has 2 heterocycles. The molecule has 4 rings (SSSR count). The fourth-order valence-corrected chi connectivity index (χ4v) is 3.75. The number of aryl methyl sites for hydroxylation is 1. The second kappa shape index (κ2) is 5.38. The molecule has 22 heavy (non-hydrogen) atoms. The van der Waals surface area contributed by atoms with Gasteiger partial charge in [-0.1, -0.05) is 19.1 Å². The first-order chi connectivity index (χ1) is 10.8. The third kappa shape index (κ3) is 2.38. The molecule has 3 nitrogen and oxygen atoms in total. The quantitative estimate of drug-likeness (QED) is 0.544. The van der Waals surface area contributed by atoms with E-state index in [2.05, 4.69) is 13.0 Å². The molecule has 0 aliphatic carbocycles. The van der Waals surface area contributed by atoms with Gasteiger partial charge in [0.15, 0.2) is 5.43 Å². The first-order valence-electron chi connectivity index (χ1n) is 7.49. The minimum Gasteiger partial charge on any atom is -0.490 e. The summed E-state index contributed by atoms with van der Waals surface area (Å²) >= 11 is 1.66. The first kappa shape index (κ1) is 13.7. The van der Waals surface area contributed by atoms with Gasteiger partial charge in [0.1, 0.15) is 18.5 Å². The largest absolute Gasteiger partial charge is 0.490 e. The molecule has 3 aromatic rings. The topological polar surface area (TPSA) is 38.8 Å². The molecular weight excluding hydrogens is 296 g/mol. The molecule has 1 unspecified atom stereocenters. The van der Waals surface area contributed by atoms with Gasteiger partial charge < -0.3 is 9.47 Å². The van der Waals surface area contributed by atoms with Crippen molar-refractivity contribution in [3.8, 4) is 5.75 Å². The minimum atomic E-state index is 0.0829. The van der Waals surface area contributed by atoms with Crippen LogP contribution < -0.4 is 10.2 Å². The molecule has 4 heteroatoms. The lowest BCUT2D eigenvalue weighted by atomic mass is 10.1. The minimum absolute atomic E-state index is 0.0829. The molecule has 0 bridgehead atoms. The zero-order valence-corrected chi connectivity index (χ0v) is 13.1. The van der Waals surface area contributed by atoms with E-state index in [4.69, 9.17) is 9.47 Å². The van der Waals surface area contributed by atoms with E-state index in [1.165, 1.54) is 0 Å². The Labute approximate surface area is 132 Å². The van der Waals surface area contributed by atoms with E-state index in [9.17, 15) is 4.79 Å². The average molecular weight is 312 g/mol. The molecule has 0 spiro atoms. The van der Waals surface area contributed by atoms with Crippen LogP contribution in [0.2, 0.25) is 0 Å². The lowest BCUT2D eigenvalue weighted by Gasteiger charge is -2.11. The van der Waals surface area contributed by atoms with Crippen molar-refractivity contribution in [2.45, 2.75) is 19.4 Å². The molecule has 1 fully saturated rings. The fraction of sp³-hybridized carbons (Fsp3) is 0.278. The Bertz CT molecular complexity index is 909. The lowest BCUT2D eigenvalue weighted by Crippen LogP contribution is -2.07. The van der Waals surface area contributed by atoms with E-state index < -0.39 is 0 Å². The molecule has 0 N–H and O–H groups in total. The van der Waals surface area contributed by atoms with Crippen molar-refractivity contribution in [2.24, 2.45) is 0 Å². The molecule has 1 saturated heterocycles. The Morgan fingerprint density at radius 1 is 1.23 bits per heavy atom. The maximum absolute atomic E-state index is 12.7. The van der Waals surface area contributed by atoms with Crippen LogP contribution in [0, 0.1) is 0 Å². The molecule has 1 aromatic heterocycles. The van der Waals surface area contributed by atoms with Gasteiger partial charge in [0.25, 0.3) is 0 Å². The van der Waals surface area contributed by atoms with Gasteiger partial charge in [0.2, 0.25) is 0 Å². The van der Waals surface area contributed by atoms with Crippen LogP contribution in [0.3, 0.4) is 0 Å². The summed E-state index contributed by atoms with van der Waals surface area (Å²) in [5, 5.41) is 1.52. The van der Waals surface area contributed by atoms with E-state index in [1.807, 2.05) is 30.3 Å². The van der Waals surface area contributed by atoms with Crippen molar-refractivity contribution in [3.63, 3.8) is 0 Å². The van der Waals surface area contributed by atoms with Crippen LogP contribution in [0.1, 0.15) is 12.5 Å². The van der Waals surface area contributed by atoms with E-state index in [0.717, 1.165) is 44.5 Å². The summed E-state index contributed by atoms with van der Waals surface area (Å²) in [4.78, 5) is 12.7. The van der Waals surface area contributed by atoms with Crippen LogP contribution >= 0.6 is 11.3 Å². The van der Waals surface area contributed by atoms with Gasteiger partial charge >= 0.3 is 0 Å². The Hall–Kier alpha value is -1.91. The summed E-state index contributed by atoms with van der Waals surface area (Å²) < 4.78 is 13.1. The number of fused-ring (bicyclic) bond motifs is 2. The van der Waals surface area contributed by atoms with Crippen LogP contribution in [-0.2, 0) is 11.2 Å². The second-order valence-corrected chi connectivity index (χ2v) is 6.59. The average Bonchev–Trinajstić information content (AvgIpc) is 3.37. The predicted molar refractivity (Wildman–Crippen MR) is 90.2 cm³/mol. The van der Waals surface area contributed by atoms with E-state index in [0.29, 0.717) is 6.61 Å². The third-order valence-corrected chi connectivity index (χ3v) is 5.10. The monoisotopic (exact) mass is 312 g/mol. The Kier molecular flexibility index (Phi) is 3.36. The van der Waals surface area contributed by atoms with Crippen LogP contribution in [0.25, 0.3) is 20.2 Å². The molecule has 0 radical (unpaired) electrons. The van der Waals surface area contributed by atoms with Crippen molar-refractivity contribution in [3.05, 3.63) is 52.2 Å². The fourth-order valence-electron chi connectivity index (χ4n) is 2.63. The number of epoxide rings is 1. The lowest BCUT2D eigenvalue weighted by molar-refractivity contribution is 0.261. The number of ether oxygens (including phenoxy) is 2. The number of rotatable bonds is 4. The second-order valence-electron chi connectivity index (χ2n) is 5.50. The summed E-state index contributed by atoms with van der Waals surface area (Å²) in [6.45, 7) is 3.43. The number of benzene rings is 2. The molecular formula is C18H16O3S.